The Morgan fingerprint density at radius 1 is 0.340 bits per heavy atom. The standard InChI is InChI=1S/C44H56O4Si2/c1-23(2)49(24(3)4,25(5)6)38-21-32-34(45)17-19-36(47)41(32)43-30(38)15-13-29-14-16-31-39(50(26(7)8,27(9)10)28(11)12)22-33-35(46)18-20-37(48)42(33)44(31)40(29)43/h13-28,45-48H,1-12H3. The summed E-state index contributed by atoms with van der Waals surface area (Å²) in [5.41, 5.74) is 2.47. The number of hydrogen-bond acceptors (Lipinski definition) is 4. The summed E-state index contributed by atoms with van der Waals surface area (Å²) in [7, 11) is -4.63. The Balaban J connectivity index is 2.06. The van der Waals surface area contributed by atoms with Gasteiger partial charge in [-0.25, -0.2) is 0 Å². The minimum atomic E-state index is -2.31. The molecular weight excluding hydrogens is 649 g/mol. The maximum absolute atomic E-state index is 11.8. The first-order chi connectivity index (χ1) is 23.4. The molecule has 0 aromatic heterocycles. The molecule has 0 fully saturated rings. The van der Waals surface area contributed by atoms with Gasteiger partial charge in [0.15, 0.2) is 0 Å². The van der Waals surface area contributed by atoms with Gasteiger partial charge in [0.2, 0.25) is 0 Å². The molecule has 0 unspecified atom stereocenters. The number of fused-ring (bicyclic) bond motifs is 9. The Labute approximate surface area is 299 Å². The first kappa shape index (κ1) is 36.1. The summed E-state index contributed by atoms with van der Waals surface area (Å²) in [4.78, 5) is 0. The van der Waals surface area contributed by atoms with E-state index in [0.29, 0.717) is 54.8 Å². The molecule has 4 nitrogen and oxygen atoms in total. The predicted octanol–water partition coefficient (Wildman–Crippen LogP) is 12.0. The summed E-state index contributed by atoms with van der Waals surface area (Å²) in [6, 6.07) is 19.6. The van der Waals surface area contributed by atoms with Crippen LogP contribution in [0.3, 0.4) is 0 Å². The van der Waals surface area contributed by atoms with Crippen molar-refractivity contribution in [3.05, 3.63) is 60.7 Å². The van der Waals surface area contributed by atoms with Crippen LogP contribution in [0.4, 0.5) is 0 Å². The summed E-state index contributed by atoms with van der Waals surface area (Å²) in [5.74, 6) is 0.531. The molecule has 4 N–H and O–H groups in total. The smallest absolute Gasteiger partial charge is 0.124 e. The molecule has 0 aliphatic rings. The maximum Gasteiger partial charge on any atom is 0.124 e. The Morgan fingerprint density at radius 2 is 0.640 bits per heavy atom. The second-order valence-corrected chi connectivity index (χ2v) is 28.5. The van der Waals surface area contributed by atoms with Gasteiger partial charge in [-0.3, -0.25) is 0 Å². The van der Waals surface area contributed by atoms with Crippen LogP contribution in [0.25, 0.3) is 53.9 Å². The van der Waals surface area contributed by atoms with E-state index in [1.165, 1.54) is 10.4 Å². The molecular formula is C44H56O4Si2. The van der Waals surface area contributed by atoms with Crippen molar-refractivity contribution in [2.75, 3.05) is 0 Å². The van der Waals surface area contributed by atoms with Gasteiger partial charge in [0, 0.05) is 32.3 Å². The molecule has 0 saturated heterocycles. The molecule has 0 amide bonds. The van der Waals surface area contributed by atoms with Gasteiger partial charge in [0.05, 0.1) is 16.1 Å². The molecule has 50 heavy (non-hydrogen) atoms. The maximum atomic E-state index is 11.8. The van der Waals surface area contributed by atoms with Gasteiger partial charge < -0.3 is 20.4 Å². The van der Waals surface area contributed by atoms with Crippen molar-refractivity contribution in [1.82, 2.24) is 0 Å². The van der Waals surface area contributed by atoms with E-state index in [4.69, 9.17) is 0 Å². The van der Waals surface area contributed by atoms with Crippen LogP contribution in [0.2, 0.25) is 33.2 Å². The average molecular weight is 705 g/mol. The van der Waals surface area contributed by atoms with Crippen LogP contribution in [0.1, 0.15) is 83.1 Å². The fourth-order valence-corrected chi connectivity index (χ4v) is 25.3. The number of phenolic OH excluding ortho intramolecular Hbond substituents is 4. The molecule has 6 aromatic carbocycles. The molecule has 0 aliphatic heterocycles. The van der Waals surface area contributed by atoms with Crippen molar-refractivity contribution in [2.24, 2.45) is 0 Å². The minimum Gasteiger partial charge on any atom is -0.507 e. The fourth-order valence-electron chi connectivity index (χ4n) is 11.4. The molecule has 6 aromatic rings. The Bertz CT molecular complexity index is 2100. The zero-order valence-electron chi connectivity index (χ0n) is 32.0. The zero-order chi connectivity index (χ0) is 36.8. The highest BCUT2D eigenvalue weighted by Crippen LogP contribution is 2.51. The minimum absolute atomic E-state index is 0.118. The Kier molecular flexibility index (Phi) is 9.00. The number of benzene rings is 6. The van der Waals surface area contributed by atoms with Crippen LogP contribution in [0, 0.1) is 0 Å². The highest BCUT2D eigenvalue weighted by molar-refractivity contribution is 6.97. The second kappa shape index (κ2) is 12.5. The largest absolute Gasteiger partial charge is 0.507 e. The third-order valence-electron chi connectivity index (χ3n) is 12.9. The SMILES string of the molecule is CC(C)[Si](c1cc2c(O)ccc(O)c2c2c1ccc1ccc3c([Si](C(C)C)(C(C)C)C(C)C)cc4c(O)ccc(O)c4c3c12)(C(C)C)C(C)C. The fraction of sp³-hybridized carbons (Fsp3) is 0.409. The normalized spacial score (nSPS) is 13.4. The summed E-state index contributed by atoms with van der Waals surface area (Å²) < 4.78 is 0. The van der Waals surface area contributed by atoms with E-state index in [2.05, 4.69) is 119 Å². The Morgan fingerprint density at radius 3 is 0.940 bits per heavy atom. The van der Waals surface area contributed by atoms with E-state index in [1.54, 1.807) is 24.3 Å². The number of aromatic hydroxyl groups is 4. The summed E-state index contributed by atoms with van der Waals surface area (Å²) in [6.07, 6.45) is 0. The van der Waals surface area contributed by atoms with Crippen molar-refractivity contribution < 1.29 is 20.4 Å². The number of phenols is 4. The zero-order valence-corrected chi connectivity index (χ0v) is 34.0. The van der Waals surface area contributed by atoms with E-state index >= 15 is 0 Å². The first-order valence-corrected chi connectivity index (χ1v) is 23.1. The van der Waals surface area contributed by atoms with Gasteiger partial charge in [0.25, 0.3) is 0 Å². The topological polar surface area (TPSA) is 80.9 Å². The van der Waals surface area contributed by atoms with Crippen LogP contribution in [0.5, 0.6) is 23.0 Å². The highest BCUT2D eigenvalue weighted by atomic mass is 28.3. The third-order valence-corrected chi connectivity index (χ3v) is 27.1. The van der Waals surface area contributed by atoms with Gasteiger partial charge in [-0.15, -0.1) is 0 Å². The number of hydrogen-bond donors (Lipinski definition) is 4. The van der Waals surface area contributed by atoms with Crippen LogP contribution in [-0.4, -0.2) is 36.6 Å². The van der Waals surface area contributed by atoms with Gasteiger partial charge in [-0.2, -0.15) is 0 Å². The predicted molar refractivity (Wildman–Crippen MR) is 222 cm³/mol. The summed E-state index contributed by atoms with van der Waals surface area (Å²) in [6.45, 7) is 28.3. The molecule has 0 aliphatic carbocycles. The van der Waals surface area contributed by atoms with Gasteiger partial charge >= 0.3 is 0 Å². The first-order valence-electron chi connectivity index (χ1n) is 18.6. The lowest BCUT2D eigenvalue weighted by Gasteiger charge is -2.45. The lowest BCUT2D eigenvalue weighted by Crippen LogP contribution is -2.56. The lowest BCUT2D eigenvalue weighted by molar-refractivity contribution is 0.470. The molecule has 6 rings (SSSR count). The van der Waals surface area contributed by atoms with E-state index in [-0.39, 0.29) is 23.0 Å². The third kappa shape index (κ3) is 4.73. The van der Waals surface area contributed by atoms with Crippen LogP contribution < -0.4 is 10.4 Å². The van der Waals surface area contributed by atoms with Crippen molar-refractivity contribution in [3.8, 4) is 23.0 Å². The van der Waals surface area contributed by atoms with E-state index in [1.807, 2.05) is 0 Å². The Hall–Kier alpha value is -3.75. The van der Waals surface area contributed by atoms with Gasteiger partial charge in [-0.1, -0.05) is 130 Å². The lowest BCUT2D eigenvalue weighted by atomic mass is 9.89. The van der Waals surface area contributed by atoms with Crippen molar-refractivity contribution in [3.63, 3.8) is 0 Å². The van der Waals surface area contributed by atoms with Crippen LogP contribution >= 0.6 is 0 Å². The van der Waals surface area contributed by atoms with Crippen molar-refractivity contribution in [2.45, 2.75) is 116 Å². The summed E-state index contributed by atoms with van der Waals surface area (Å²) >= 11 is 0. The van der Waals surface area contributed by atoms with Crippen LogP contribution in [0.15, 0.2) is 60.7 Å². The van der Waals surface area contributed by atoms with E-state index in [9.17, 15) is 20.4 Å². The monoisotopic (exact) mass is 704 g/mol. The second-order valence-electron chi connectivity index (χ2n) is 16.8. The highest BCUT2D eigenvalue weighted by Gasteiger charge is 2.47. The van der Waals surface area contributed by atoms with Crippen molar-refractivity contribution >= 4 is 80.4 Å². The molecule has 6 heteroatoms. The van der Waals surface area contributed by atoms with E-state index < -0.39 is 16.1 Å². The molecule has 0 saturated carbocycles. The molecule has 0 spiro atoms. The van der Waals surface area contributed by atoms with Crippen molar-refractivity contribution in [1.29, 1.82) is 0 Å². The average Bonchev–Trinajstić information content (AvgIpc) is 3.03. The molecule has 0 atom stereocenters. The van der Waals surface area contributed by atoms with Gasteiger partial charge in [-0.05, 0) is 79.1 Å². The molecule has 264 valence electrons. The molecule has 0 heterocycles. The van der Waals surface area contributed by atoms with Gasteiger partial charge in [0.1, 0.15) is 23.0 Å². The summed E-state index contributed by atoms with van der Waals surface area (Å²) in [5, 5.41) is 57.8. The quantitative estimate of drug-likeness (QED) is 0.0722. The molecule has 0 bridgehead atoms. The van der Waals surface area contributed by atoms with E-state index in [0.717, 1.165) is 32.3 Å². The van der Waals surface area contributed by atoms with Crippen LogP contribution in [-0.2, 0) is 0 Å². The number of rotatable bonds is 8. The molecule has 0 radical (unpaired) electrons.